The second-order valence-corrected chi connectivity index (χ2v) is 25.1. The van der Waals surface area contributed by atoms with Crippen LogP contribution in [0.1, 0.15) is 195 Å². The predicted molar refractivity (Wildman–Crippen MR) is 311 cm³/mol. The topological polar surface area (TPSA) is 277 Å². The van der Waals surface area contributed by atoms with Gasteiger partial charge in [0.2, 0.25) is 47.3 Å². The van der Waals surface area contributed by atoms with E-state index in [4.69, 9.17) is 0 Å². The average Bonchev–Trinajstić information content (AvgIpc) is 3.81. The predicted octanol–water partition coefficient (Wildman–Crippen LogP) is 4.56. The Labute approximate surface area is 474 Å². The lowest BCUT2D eigenvalue weighted by Gasteiger charge is -2.35. The van der Waals surface area contributed by atoms with Crippen LogP contribution in [0.25, 0.3) is 0 Å². The first-order chi connectivity index (χ1) is 36.6. The van der Waals surface area contributed by atoms with Gasteiger partial charge in [0.25, 0.3) is 0 Å². The van der Waals surface area contributed by atoms with Crippen LogP contribution in [-0.4, -0.2) is 160 Å². The Morgan fingerprint density at radius 3 is 1.73 bits per heavy atom. The number of amides is 8. The molecule has 0 bridgehead atoms. The van der Waals surface area contributed by atoms with E-state index in [1.807, 2.05) is 31.9 Å². The molecule has 20 heteroatoms. The fraction of sp³-hybridized carbons (Fsp3) is 0.814. The van der Waals surface area contributed by atoms with Crippen molar-refractivity contribution >= 4 is 53.0 Å². The normalized spacial score (nSPS) is 17.2. The van der Waals surface area contributed by atoms with Crippen molar-refractivity contribution in [3.05, 3.63) is 12.2 Å². The van der Waals surface area contributed by atoms with Crippen molar-refractivity contribution in [3.63, 3.8) is 0 Å². The summed E-state index contributed by atoms with van der Waals surface area (Å²) >= 11 is 0. The molecule has 0 saturated carbocycles. The fourth-order valence-electron chi connectivity index (χ4n) is 9.32. The molecule has 79 heavy (non-hydrogen) atoms. The van der Waals surface area contributed by atoms with Crippen LogP contribution in [0.5, 0.6) is 0 Å². The minimum absolute atomic E-state index is 0.0323. The van der Waals surface area contributed by atoms with E-state index in [1.54, 1.807) is 40.7 Å². The molecule has 0 aromatic carbocycles. The van der Waals surface area contributed by atoms with Gasteiger partial charge in [0.15, 0.2) is 0 Å². The van der Waals surface area contributed by atoms with Crippen molar-refractivity contribution in [2.75, 3.05) is 39.8 Å². The molecule has 8 atom stereocenters. The number of likely N-dealkylation sites (N-methyl/N-ethyl adjacent to an activating group) is 1. The zero-order chi connectivity index (χ0) is 60.6. The summed E-state index contributed by atoms with van der Waals surface area (Å²) in [6, 6.07) is -4.09. The number of rotatable bonds is 37. The maximum atomic E-state index is 14.3. The van der Waals surface area contributed by atoms with E-state index in [0.717, 1.165) is 32.4 Å². The van der Waals surface area contributed by atoms with Gasteiger partial charge in [-0.1, -0.05) is 106 Å². The van der Waals surface area contributed by atoms with E-state index in [2.05, 4.69) is 61.3 Å². The molecule has 1 aliphatic rings. The van der Waals surface area contributed by atoms with Crippen LogP contribution in [-0.2, 0) is 43.2 Å². The van der Waals surface area contributed by atoms with Gasteiger partial charge in [-0.25, -0.2) is 0 Å². The number of nitrogens with zero attached hydrogens (tertiary/aromatic N) is 2. The molecule has 0 aromatic rings. The van der Waals surface area contributed by atoms with E-state index in [9.17, 15) is 48.3 Å². The third-order valence-corrected chi connectivity index (χ3v) is 14.9. The SMILES string of the molecule is CCCCCCC[C@H](C)CN1CCC[C@H]1C(=O)N[C@@H](C[C@@H](C)/C=C\CC(=O)CC)C(=O)NC(C)(C)C(=O)NC(C)(C)C(=O)N[C@H](C(=O)N[C@H](C(=O)NC(C)(C)C(=O)NC(C)(C)C(=O)N[C@@H](C)CN(C)CCO)C(C)C)[C@@H](C)CC. The molecule has 1 saturated heterocycles. The van der Waals surface area contributed by atoms with E-state index >= 15 is 0 Å². The first-order valence-corrected chi connectivity index (χ1v) is 29.3. The number of carbonyl (C=O) groups is 9. The van der Waals surface area contributed by atoms with Crippen LogP contribution in [0.3, 0.4) is 0 Å². The number of nitrogens with one attached hydrogen (secondary N) is 8. The summed E-state index contributed by atoms with van der Waals surface area (Å²) in [7, 11) is 1.81. The van der Waals surface area contributed by atoms with Crippen molar-refractivity contribution in [2.45, 2.75) is 247 Å². The minimum atomic E-state index is -1.64. The summed E-state index contributed by atoms with van der Waals surface area (Å²) in [6.45, 7) is 31.3. The molecule has 0 aromatic heterocycles. The van der Waals surface area contributed by atoms with Crippen LogP contribution in [0.15, 0.2) is 12.2 Å². The Balaban J connectivity index is 3.24. The molecule has 454 valence electrons. The van der Waals surface area contributed by atoms with E-state index in [-0.39, 0.29) is 43.1 Å². The van der Waals surface area contributed by atoms with Crippen LogP contribution in [0.4, 0.5) is 0 Å². The lowest BCUT2D eigenvalue weighted by molar-refractivity contribution is -0.140. The first-order valence-electron chi connectivity index (χ1n) is 29.3. The number of aliphatic hydroxyl groups is 1. The van der Waals surface area contributed by atoms with Gasteiger partial charge in [0, 0.05) is 38.5 Å². The molecule has 1 aliphatic heterocycles. The number of Topliss-reactive ketones (excluding diaryl/α,β-unsaturated/α-hetero) is 1. The number of unbranched alkanes of at least 4 members (excludes halogenated alkanes) is 4. The van der Waals surface area contributed by atoms with Gasteiger partial charge in [-0.05, 0) is 125 Å². The van der Waals surface area contributed by atoms with Gasteiger partial charge in [-0.15, -0.1) is 0 Å². The Kier molecular flexibility index (Phi) is 30.8. The zero-order valence-electron chi connectivity index (χ0n) is 51.9. The van der Waals surface area contributed by atoms with Crippen molar-refractivity contribution in [1.82, 2.24) is 52.3 Å². The van der Waals surface area contributed by atoms with Gasteiger partial charge < -0.3 is 52.5 Å². The summed E-state index contributed by atoms with van der Waals surface area (Å²) in [6.07, 6.45) is 13.5. The second-order valence-electron chi connectivity index (χ2n) is 25.1. The monoisotopic (exact) mass is 1120 g/mol. The number of hydrogen-bond donors (Lipinski definition) is 9. The molecule has 0 spiro atoms. The third kappa shape index (κ3) is 25.2. The van der Waals surface area contributed by atoms with Crippen LogP contribution < -0.4 is 42.5 Å². The third-order valence-electron chi connectivity index (χ3n) is 14.9. The van der Waals surface area contributed by atoms with Crippen LogP contribution in [0.2, 0.25) is 0 Å². The van der Waals surface area contributed by atoms with Gasteiger partial charge >= 0.3 is 0 Å². The molecule has 0 unspecified atom stereocenters. The fourth-order valence-corrected chi connectivity index (χ4v) is 9.32. The van der Waals surface area contributed by atoms with Crippen LogP contribution in [0, 0.1) is 23.7 Å². The van der Waals surface area contributed by atoms with E-state index < -0.39 is 99.5 Å². The molecular formula is C59H108N10O10. The standard InChI is InChI=1S/C59H108N10O10/c1-19-22-23-24-25-28-40(7)36-69-32-27-31-45(69)49(73)61-44(35-39(6)29-26-30-43(71)21-3)48(72)64-58(14,15)54(78)67-57(12,13)53(77)63-47(41(8)20-2)50(74)62-46(38(4)5)51(75)65-59(16,17)55(79)66-56(10,11)52(76)60-42(9)37-68(18)33-34-70/h26,29,38-42,44-47,70H,19-25,27-28,30-37H2,1-18H3,(H,60,76)(H,61,73)(H,62,74)(H,63,77)(H,64,72)(H,65,75)(H,66,79)(H,67,78)/b29-26-/t39-,40-,41-,42-,44-,45-,46-,47-/m0/s1. The van der Waals surface area contributed by atoms with Gasteiger partial charge in [0.1, 0.15) is 46.1 Å². The number of carbonyl (C=O) groups excluding carboxylic acids is 9. The smallest absolute Gasteiger partial charge is 0.246 e. The van der Waals surface area contributed by atoms with Crippen molar-refractivity contribution in [2.24, 2.45) is 23.7 Å². The minimum Gasteiger partial charge on any atom is -0.395 e. The number of allylic oxidation sites excluding steroid dienone is 2. The van der Waals surface area contributed by atoms with Crippen molar-refractivity contribution < 1.29 is 48.3 Å². The molecule has 8 amide bonds. The lowest BCUT2D eigenvalue weighted by atomic mass is 9.93. The highest BCUT2D eigenvalue weighted by Crippen LogP contribution is 2.23. The Morgan fingerprint density at radius 2 is 1.20 bits per heavy atom. The number of aliphatic hydroxyl groups excluding tert-OH is 1. The molecule has 0 radical (unpaired) electrons. The maximum absolute atomic E-state index is 14.3. The highest BCUT2D eigenvalue weighted by Gasteiger charge is 2.43. The Hall–Kier alpha value is -4.95. The quantitative estimate of drug-likeness (QED) is 0.0306. The van der Waals surface area contributed by atoms with Crippen molar-refractivity contribution in [1.29, 1.82) is 0 Å². The molecule has 1 fully saturated rings. The summed E-state index contributed by atoms with van der Waals surface area (Å²) in [5, 5.41) is 31.7. The average molecular weight is 1120 g/mol. The summed E-state index contributed by atoms with van der Waals surface area (Å²) in [5.74, 6) is -5.43. The second kappa shape index (κ2) is 33.7. The molecule has 20 nitrogen and oxygen atoms in total. The molecule has 1 rings (SSSR count). The number of likely N-dealkylation sites (tertiary alicyclic amines) is 1. The van der Waals surface area contributed by atoms with Gasteiger partial charge in [-0.3, -0.25) is 48.1 Å². The highest BCUT2D eigenvalue weighted by atomic mass is 16.3. The van der Waals surface area contributed by atoms with E-state index in [1.165, 1.54) is 81.1 Å². The van der Waals surface area contributed by atoms with E-state index in [0.29, 0.717) is 38.3 Å². The Morgan fingerprint density at radius 1 is 0.658 bits per heavy atom. The van der Waals surface area contributed by atoms with Crippen LogP contribution >= 0.6 is 0 Å². The summed E-state index contributed by atoms with van der Waals surface area (Å²) in [4.78, 5) is 128. The lowest BCUT2D eigenvalue weighted by Crippen LogP contribution is -2.67. The molecular weight excluding hydrogens is 1010 g/mol. The van der Waals surface area contributed by atoms with Gasteiger partial charge in [-0.2, -0.15) is 0 Å². The number of hydrogen-bond acceptors (Lipinski definition) is 12. The first kappa shape index (κ1) is 72.1. The summed E-state index contributed by atoms with van der Waals surface area (Å²) in [5.41, 5.74) is -6.18. The molecule has 0 aliphatic carbocycles. The molecule has 9 N–H and O–H groups in total. The Bertz CT molecular complexity index is 2040. The summed E-state index contributed by atoms with van der Waals surface area (Å²) < 4.78 is 0. The maximum Gasteiger partial charge on any atom is 0.246 e. The highest BCUT2D eigenvalue weighted by molar-refractivity contribution is 6.00. The largest absolute Gasteiger partial charge is 0.395 e. The zero-order valence-corrected chi connectivity index (χ0v) is 51.9. The van der Waals surface area contributed by atoms with Gasteiger partial charge in [0.05, 0.1) is 12.6 Å². The number of ketones is 1. The van der Waals surface area contributed by atoms with Crippen molar-refractivity contribution in [3.8, 4) is 0 Å². The molecule has 1 heterocycles.